The summed E-state index contributed by atoms with van der Waals surface area (Å²) in [4.78, 5) is 0. The summed E-state index contributed by atoms with van der Waals surface area (Å²) in [6.07, 6.45) is 2.10. The molecule has 2 rings (SSSR count). The second-order valence-corrected chi connectivity index (χ2v) is 7.19. The minimum Gasteiger partial charge on any atom is -0.384 e. The van der Waals surface area contributed by atoms with E-state index in [1.54, 1.807) is 6.07 Å². The minimum absolute atomic E-state index is 0.222. The highest BCUT2D eigenvalue weighted by atomic mass is 35.5. The summed E-state index contributed by atoms with van der Waals surface area (Å²) in [5.41, 5.74) is 3.50. The Morgan fingerprint density at radius 1 is 1.24 bits per heavy atom. The van der Waals surface area contributed by atoms with Gasteiger partial charge in [-0.1, -0.05) is 32.4 Å². The van der Waals surface area contributed by atoms with Gasteiger partial charge >= 0.3 is 0 Å². The summed E-state index contributed by atoms with van der Waals surface area (Å²) in [6, 6.07) is 4.87. The van der Waals surface area contributed by atoms with Crippen LogP contribution in [0.2, 0.25) is 5.02 Å². The van der Waals surface area contributed by atoms with Gasteiger partial charge in [0.15, 0.2) is 0 Å². The van der Waals surface area contributed by atoms with E-state index in [-0.39, 0.29) is 11.2 Å². The number of halogens is 2. The first-order valence-electron chi connectivity index (χ1n) is 7.43. The molecule has 0 heterocycles. The zero-order valence-electron chi connectivity index (χ0n) is 13.2. The molecule has 1 aromatic carbocycles. The lowest BCUT2D eigenvalue weighted by molar-refractivity contribution is 0.295. The van der Waals surface area contributed by atoms with Crippen LogP contribution in [0, 0.1) is 11.2 Å². The largest absolute Gasteiger partial charge is 0.384 e. The normalized spacial score (nSPS) is 16.5. The first kappa shape index (κ1) is 16.2. The third kappa shape index (κ3) is 4.13. The van der Waals surface area contributed by atoms with Crippen LogP contribution >= 0.6 is 11.6 Å². The van der Waals surface area contributed by atoms with Gasteiger partial charge in [-0.2, -0.15) is 0 Å². The van der Waals surface area contributed by atoms with Crippen molar-refractivity contribution >= 4 is 11.6 Å². The summed E-state index contributed by atoms with van der Waals surface area (Å²) in [6.45, 7) is 9.43. The van der Waals surface area contributed by atoms with E-state index < -0.39 is 0 Å². The molecule has 0 aliphatic heterocycles. The maximum atomic E-state index is 13.2. The molecule has 0 fully saturated rings. The Hall–Kier alpha value is -1.22. The monoisotopic (exact) mass is 310 g/mol. The Balaban J connectivity index is 1.97. The molecule has 2 nitrogen and oxygen atoms in total. The quantitative estimate of drug-likeness (QED) is 0.830. The van der Waals surface area contributed by atoms with Gasteiger partial charge in [0.05, 0.1) is 0 Å². The summed E-state index contributed by atoms with van der Waals surface area (Å²) in [5.74, 6) is -0.251. The van der Waals surface area contributed by atoms with Gasteiger partial charge in [-0.3, -0.25) is 0 Å². The molecule has 116 valence electrons. The summed E-state index contributed by atoms with van der Waals surface area (Å²) in [7, 11) is 0. The molecule has 1 atom stereocenters. The predicted octanol–water partition coefficient (Wildman–Crippen LogP) is 4.60. The molecule has 0 amide bonds. The van der Waals surface area contributed by atoms with Gasteiger partial charge in [0, 0.05) is 29.0 Å². The van der Waals surface area contributed by atoms with E-state index in [9.17, 15) is 4.39 Å². The van der Waals surface area contributed by atoms with Crippen molar-refractivity contribution in [2.24, 2.45) is 5.41 Å². The number of benzene rings is 1. The van der Waals surface area contributed by atoms with Crippen molar-refractivity contribution in [3.63, 3.8) is 0 Å². The minimum atomic E-state index is -0.251. The molecule has 0 aromatic heterocycles. The molecule has 1 aliphatic carbocycles. The van der Waals surface area contributed by atoms with Gasteiger partial charge in [0.2, 0.25) is 0 Å². The fourth-order valence-electron chi connectivity index (χ4n) is 2.09. The lowest BCUT2D eigenvalue weighted by Crippen LogP contribution is -2.40. The molecular formula is C17H24ClFN2. The SMILES string of the molecule is CC(NC1=C(NCc2cc(F)ccc2Cl)CC1)C(C)(C)C. The van der Waals surface area contributed by atoms with E-state index in [1.807, 2.05) is 0 Å². The smallest absolute Gasteiger partial charge is 0.123 e. The standard InChI is InChI=1S/C17H24ClFN2/c1-11(17(2,3)4)21-16-8-7-15(16)20-10-12-9-13(19)5-6-14(12)18/h5-6,9,11,20-21H,7-8,10H2,1-4H3. The zero-order valence-corrected chi connectivity index (χ0v) is 13.9. The van der Waals surface area contributed by atoms with Crippen molar-refractivity contribution in [1.29, 1.82) is 0 Å². The molecule has 0 saturated heterocycles. The topological polar surface area (TPSA) is 24.1 Å². The number of nitrogens with one attached hydrogen (secondary N) is 2. The summed E-state index contributed by atoms with van der Waals surface area (Å²) >= 11 is 6.08. The second kappa shape index (κ2) is 6.27. The van der Waals surface area contributed by atoms with Crippen LogP contribution in [0.4, 0.5) is 4.39 Å². The summed E-state index contributed by atoms with van der Waals surface area (Å²) < 4.78 is 13.2. The molecule has 1 aromatic rings. The molecule has 0 radical (unpaired) electrons. The maximum absolute atomic E-state index is 13.2. The molecule has 2 N–H and O–H groups in total. The van der Waals surface area contributed by atoms with Crippen molar-refractivity contribution in [2.45, 2.75) is 53.1 Å². The van der Waals surface area contributed by atoms with Crippen LogP contribution in [0.1, 0.15) is 46.1 Å². The molecule has 21 heavy (non-hydrogen) atoms. The van der Waals surface area contributed by atoms with Crippen molar-refractivity contribution < 1.29 is 4.39 Å². The Bertz CT molecular complexity index is 546. The lowest BCUT2D eigenvalue weighted by Gasteiger charge is -2.34. The van der Waals surface area contributed by atoms with E-state index in [0.29, 0.717) is 17.6 Å². The van der Waals surface area contributed by atoms with Gasteiger partial charge in [-0.25, -0.2) is 4.39 Å². The Labute approximate surface area is 131 Å². The molecule has 1 unspecified atom stereocenters. The second-order valence-electron chi connectivity index (χ2n) is 6.78. The molecule has 1 aliphatic rings. The third-order valence-electron chi connectivity index (χ3n) is 4.18. The van der Waals surface area contributed by atoms with Crippen LogP contribution in [-0.4, -0.2) is 6.04 Å². The van der Waals surface area contributed by atoms with E-state index in [2.05, 4.69) is 38.3 Å². The Kier molecular flexibility index (Phi) is 4.82. The molecule has 0 saturated carbocycles. The number of allylic oxidation sites excluding steroid dienone is 2. The Morgan fingerprint density at radius 2 is 1.90 bits per heavy atom. The predicted molar refractivity (Wildman–Crippen MR) is 86.6 cm³/mol. The van der Waals surface area contributed by atoms with Crippen molar-refractivity contribution in [3.8, 4) is 0 Å². The highest BCUT2D eigenvalue weighted by molar-refractivity contribution is 6.31. The average molecular weight is 311 g/mol. The van der Waals surface area contributed by atoms with Gasteiger partial charge in [-0.15, -0.1) is 0 Å². The molecular weight excluding hydrogens is 287 g/mol. The third-order valence-corrected chi connectivity index (χ3v) is 4.55. The van der Waals surface area contributed by atoms with Crippen LogP contribution in [-0.2, 0) is 6.54 Å². The van der Waals surface area contributed by atoms with Crippen LogP contribution in [0.25, 0.3) is 0 Å². The lowest BCUT2D eigenvalue weighted by atomic mass is 9.87. The van der Waals surface area contributed by atoms with Crippen LogP contribution in [0.3, 0.4) is 0 Å². The summed E-state index contributed by atoms with van der Waals surface area (Å²) in [5, 5.41) is 7.55. The maximum Gasteiger partial charge on any atom is 0.123 e. The molecule has 4 heteroatoms. The number of hydrogen-bond donors (Lipinski definition) is 2. The average Bonchev–Trinajstić information content (AvgIpc) is 2.37. The van der Waals surface area contributed by atoms with Crippen molar-refractivity contribution in [3.05, 3.63) is 46.0 Å². The van der Waals surface area contributed by atoms with E-state index in [1.165, 1.54) is 23.5 Å². The zero-order chi connectivity index (χ0) is 15.6. The fraction of sp³-hybridized carbons (Fsp3) is 0.529. The van der Waals surface area contributed by atoms with Gasteiger partial charge in [-0.05, 0) is 48.9 Å². The Morgan fingerprint density at radius 3 is 2.48 bits per heavy atom. The van der Waals surface area contributed by atoms with Crippen molar-refractivity contribution in [2.75, 3.05) is 0 Å². The highest BCUT2D eigenvalue weighted by Gasteiger charge is 2.24. The highest BCUT2D eigenvalue weighted by Crippen LogP contribution is 2.28. The van der Waals surface area contributed by atoms with E-state index >= 15 is 0 Å². The first-order chi connectivity index (χ1) is 9.77. The first-order valence-corrected chi connectivity index (χ1v) is 7.81. The molecule has 0 bridgehead atoms. The van der Waals surface area contributed by atoms with E-state index in [0.717, 1.165) is 18.4 Å². The van der Waals surface area contributed by atoms with Crippen molar-refractivity contribution in [1.82, 2.24) is 10.6 Å². The van der Waals surface area contributed by atoms with Gasteiger partial charge < -0.3 is 10.6 Å². The van der Waals surface area contributed by atoms with Crippen LogP contribution in [0.15, 0.2) is 29.6 Å². The van der Waals surface area contributed by atoms with Crippen LogP contribution in [0.5, 0.6) is 0 Å². The van der Waals surface area contributed by atoms with Gasteiger partial charge in [0.25, 0.3) is 0 Å². The van der Waals surface area contributed by atoms with E-state index in [4.69, 9.17) is 11.6 Å². The molecule has 0 spiro atoms. The number of hydrogen-bond acceptors (Lipinski definition) is 2. The van der Waals surface area contributed by atoms with Crippen LogP contribution < -0.4 is 10.6 Å². The fourth-order valence-corrected chi connectivity index (χ4v) is 2.27. The number of rotatable bonds is 5. The van der Waals surface area contributed by atoms with Gasteiger partial charge in [0.1, 0.15) is 5.82 Å².